The normalized spacial score (nSPS) is 11.2. The first kappa shape index (κ1) is 25.6. The summed E-state index contributed by atoms with van der Waals surface area (Å²) in [7, 11) is -3.99. The summed E-state index contributed by atoms with van der Waals surface area (Å²) in [6.07, 6.45) is 1.46. The van der Waals surface area contributed by atoms with Gasteiger partial charge in [-0.2, -0.15) is 0 Å². The molecular formula is C26H29ClN2O4S. The van der Waals surface area contributed by atoms with Crippen molar-refractivity contribution >= 4 is 33.2 Å². The van der Waals surface area contributed by atoms with Crippen LogP contribution in [0.4, 0.5) is 5.69 Å². The molecule has 3 aromatic rings. The predicted octanol–water partition coefficient (Wildman–Crippen LogP) is 5.52. The highest BCUT2D eigenvalue weighted by Gasteiger charge is 2.21. The van der Waals surface area contributed by atoms with E-state index in [0.717, 1.165) is 28.9 Å². The van der Waals surface area contributed by atoms with Gasteiger partial charge in [0.2, 0.25) is 0 Å². The number of carbonyl (C=O) groups is 1. The quantitative estimate of drug-likeness (QED) is 0.359. The summed E-state index contributed by atoms with van der Waals surface area (Å²) in [6.45, 7) is 6.66. The number of rotatable bonds is 10. The van der Waals surface area contributed by atoms with Gasteiger partial charge >= 0.3 is 0 Å². The van der Waals surface area contributed by atoms with Gasteiger partial charge < -0.3 is 10.1 Å². The second-order valence-corrected chi connectivity index (χ2v) is 10.0. The Kier molecular flexibility index (Phi) is 8.58. The van der Waals surface area contributed by atoms with Gasteiger partial charge in [-0.15, -0.1) is 0 Å². The average molecular weight is 501 g/mol. The standard InChI is InChI=1S/C26H29ClN2O4S/c1-4-33-24-10-6-5-8-20(24)9-7-15-28-26(30)21-13-14-22(27)25(17-21)34(31,32)29-23-16-18(2)11-12-19(23)3/h5-6,8,10-14,16-17,29H,4,7,9,15H2,1-3H3,(H,28,30). The van der Waals surface area contributed by atoms with Crippen molar-refractivity contribution in [3.8, 4) is 5.75 Å². The van der Waals surface area contributed by atoms with E-state index < -0.39 is 10.0 Å². The van der Waals surface area contributed by atoms with Crippen LogP contribution in [0, 0.1) is 13.8 Å². The maximum atomic E-state index is 13.0. The molecule has 3 rings (SSSR count). The first-order chi connectivity index (χ1) is 16.2. The minimum absolute atomic E-state index is 0.0434. The fraction of sp³-hybridized carbons (Fsp3) is 0.269. The molecule has 0 atom stereocenters. The molecule has 6 nitrogen and oxygen atoms in total. The van der Waals surface area contributed by atoms with E-state index in [1.807, 2.05) is 57.2 Å². The number of benzene rings is 3. The van der Waals surface area contributed by atoms with E-state index in [1.165, 1.54) is 18.2 Å². The highest BCUT2D eigenvalue weighted by atomic mass is 35.5. The minimum atomic E-state index is -3.99. The Morgan fingerprint density at radius 2 is 1.79 bits per heavy atom. The van der Waals surface area contributed by atoms with Crippen LogP contribution in [0.25, 0.3) is 0 Å². The number of anilines is 1. The molecule has 0 bridgehead atoms. The molecule has 3 aromatic carbocycles. The molecule has 180 valence electrons. The lowest BCUT2D eigenvalue weighted by molar-refractivity contribution is 0.0953. The van der Waals surface area contributed by atoms with Gasteiger partial charge in [-0.25, -0.2) is 8.42 Å². The molecule has 0 spiro atoms. The van der Waals surface area contributed by atoms with Crippen LogP contribution in [0.2, 0.25) is 5.02 Å². The predicted molar refractivity (Wildman–Crippen MR) is 136 cm³/mol. The molecule has 0 aromatic heterocycles. The number of amides is 1. The van der Waals surface area contributed by atoms with E-state index in [0.29, 0.717) is 25.3 Å². The third kappa shape index (κ3) is 6.52. The lowest BCUT2D eigenvalue weighted by Gasteiger charge is -2.14. The molecule has 1 amide bonds. The van der Waals surface area contributed by atoms with Crippen LogP contribution < -0.4 is 14.8 Å². The fourth-order valence-electron chi connectivity index (χ4n) is 3.49. The van der Waals surface area contributed by atoms with Crippen molar-refractivity contribution < 1.29 is 17.9 Å². The van der Waals surface area contributed by atoms with Gasteiger partial charge in [-0.1, -0.05) is 41.9 Å². The van der Waals surface area contributed by atoms with Gasteiger partial charge in [-0.05, 0) is 80.6 Å². The number of sulfonamides is 1. The van der Waals surface area contributed by atoms with Gasteiger partial charge in [-0.3, -0.25) is 9.52 Å². The van der Waals surface area contributed by atoms with Gasteiger partial charge in [0.25, 0.3) is 15.9 Å². The second kappa shape index (κ2) is 11.4. The Balaban J connectivity index is 1.67. The number of aryl methyl sites for hydroxylation is 3. The molecule has 0 radical (unpaired) electrons. The first-order valence-electron chi connectivity index (χ1n) is 11.1. The third-order valence-corrected chi connectivity index (χ3v) is 7.15. The van der Waals surface area contributed by atoms with Crippen LogP contribution in [-0.4, -0.2) is 27.5 Å². The number of hydrogen-bond donors (Lipinski definition) is 2. The van der Waals surface area contributed by atoms with Crippen molar-refractivity contribution in [1.29, 1.82) is 0 Å². The van der Waals surface area contributed by atoms with E-state index in [1.54, 1.807) is 6.07 Å². The van der Waals surface area contributed by atoms with Crippen LogP contribution in [0.3, 0.4) is 0 Å². The molecule has 0 aliphatic carbocycles. The number of hydrogen-bond acceptors (Lipinski definition) is 4. The molecule has 0 fully saturated rings. The Labute approximate surface area is 206 Å². The molecule has 0 saturated heterocycles. The Bertz CT molecular complexity index is 1280. The summed E-state index contributed by atoms with van der Waals surface area (Å²) < 4.78 is 34.3. The SMILES string of the molecule is CCOc1ccccc1CCCNC(=O)c1ccc(Cl)c(S(=O)(=O)Nc2cc(C)ccc2C)c1. The van der Waals surface area contributed by atoms with Crippen molar-refractivity contribution in [2.24, 2.45) is 0 Å². The zero-order valence-corrected chi connectivity index (χ0v) is 21.1. The molecule has 8 heteroatoms. The maximum Gasteiger partial charge on any atom is 0.263 e. The topological polar surface area (TPSA) is 84.5 Å². The monoisotopic (exact) mass is 500 g/mol. The summed E-state index contributed by atoms with van der Waals surface area (Å²) in [6, 6.07) is 17.6. The first-order valence-corrected chi connectivity index (χ1v) is 13.0. The van der Waals surface area contributed by atoms with Gasteiger partial charge in [0, 0.05) is 12.1 Å². The van der Waals surface area contributed by atoms with Crippen molar-refractivity contribution in [3.05, 3.63) is 87.9 Å². The number of ether oxygens (including phenoxy) is 1. The highest BCUT2D eigenvalue weighted by Crippen LogP contribution is 2.27. The molecule has 2 N–H and O–H groups in total. The molecule has 0 saturated carbocycles. The minimum Gasteiger partial charge on any atom is -0.494 e. The van der Waals surface area contributed by atoms with Crippen molar-refractivity contribution in [2.75, 3.05) is 17.9 Å². The zero-order valence-electron chi connectivity index (χ0n) is 19.5. The van der Waals surface area contributed by atoms with Crippen molar-refractivity contribution in [3.63, 3.8) is 0 Å². The smallest absolute Gasteiger partial charge is 0.263 e. The van der Waals surface area contributed by atoms with Crippen molar-refractivity contribution in [2.45, 2.75) is 38.5 Å². The van der Waals surface area contributed by atoms with Crippen LogP contribution in [0.1, 0.15) is 40.4 Å². The van der Waals surface area contributed by atoms with Crippen LogP contribution in [-0.2, 0) is 16.4 Å². The fourth-order valence-corrected chi connectivity index (χ4v) is 5.13. The molecule has 0 unspecified atom stereocenters. The number of carbonyl (C=O) groups excluding carboxylic acids is 1. The summed E-state index contributed by atoms with van der Waals surface area (Å²) >= 11 is 6.20. The highest BCUT2D eigenvalue weighted by molar-refractivity contribution is 7.92. The van der Waals surface area contributed by atoms with E-state index >= 15 is 0 Å². The maximum absolute atomic E-state index is 13.0. The Hall–Kier alpha value is -3.03. The number of para-hydroxylation sites is 1. The van der Waals surface area contributed by atoms with Crippen LogP contribution in [0.5, 0.6) is 5.75 Å². The lowest BCUT2D eigenvalue weighted by atomic mass is 10.1. The average Bonchev–Trinajstić information content (AvgIpc) is 2.80. The van der Waals surface area contributed by atoms with Gasteiger partial charge in [0.15, 0.2) is 0 Å². The molecule has 34 heavy (non-hydrogen) atoms. The number of halogens is 1. The summed E-state index contributed by atoms with van der Waals surface area (Å²) in [5.41, 5.74) is 3.48. The Morgan fingerprint density at radius 3 is 2.56 bits per heavy atom. The molecule has 0 aliphatic rings. The zero-order chi connectivity index (χ0) is 24.7. The second-order valence-electron chi connectivity index (χ2n) is 7.97. The van der Waals surface area contributed by atoms with Crippen molar-refractivity contribution in [1.82, 2.24) is 5.32 Å². The Morgan fingerprint density at radius 1 is 1.03 bits per heavy atom. The van der Waals surface area contributed by atoms with E-state index in [-0.39, 0.29) is 21.4 Å². The third-order valence-electron chi connectivity index (χ3n) is 5.30. The summed E-state index contributed by atoms with van der Waals surface area (Å²) in [4.78, 5) is 12.5. The molecular weight excluding hydrogens is 472 g/mol. The summed E-state index contributed by atoms with van der Waals surface area (Å²) in [5, 5.41) is 2.89. The largest absolute Gasteiger partial charge is 0.494 e. The van der Waals surface area contributed by atoms with Gasteiger partial charge in [0.1, 0.15) is 10.6 Å². The van der Waals surface area contributed by atoms with Gasteiger partial charge in [0.05, 0.1) is 17.3 Å². The molecule has 0 aliphatic heterocycles. The summed E-state index contributed by atoms with van der Waals surface area (Å²) in [5.74, 6) is 0.484. The van der Waals surface area contributed by atoms with E-state index in [2.05, 4.69) is 10.0 Å². The van der Waals surface area contributed by atoms with Crippen LogP contribution in [0.15, 0.2) is 65.6 Å². The molecule has 0 heterocycles. The van der Waals surface area contributed by atoms with E-state index in [4.69, 9.17) is 16.3 Å². The number of nitrogens with one attached hydrogen (secondary N) is 2. The lowest BCUT2D eigenvalue weighted by Crippen LogP contribution is -2.25. The van der Waals surface area contributed by atoms with Crippen LogP contribution >= 0.6 is 11.6 Å². The van der Waals surface area contributed by atoms with E-state index in [9.17, 15) is 13.2 Å².